The predicted octanol–water partition coefficient (Wildman–Crippen LogP) is 4.56. The minimum Gasteiger partial charge on any atom is -0.403 e. The van der Waals surface area contributed by atoms with Gasteiger partial charge in [0.1, 0.15) is 11.5 Å². The first-order valence-corrected chi connectivity index (χ1v) is 7.69. The Bertz CT molecular complexity index is 1030. The van der Waals surface area contributed by atoms with Crippen LogP contribution in [0.5, 0.6) is 5.75 Å². The first kappa shape index (κ1) is 18.4. The normalized spacial score (nSPS) is 10.7. The average Bonchev–Trinajstić information content (AvgIpc) is 2.85. The van der Waals surface area contributed by atoms with Crippen molar-refractivity contribution in [3.63, 3.8) is 0 Å². The van der Waals surface area contributed by atoms with E-state index in [0.29, 0.717) is 0 Å². The molecule has 0 aliphatic rings. The first-order chi connectivity index (χ1) is 12.8. The van der Waals surface area contributed by atoms with E-state index in [-0.39, 0.29) is 28.3 Å². The van der Waals surface area contributed by atoms with Crippen molar-refractivity contribution in [3.8, 4) is 16.9 Å². The lowest BCUT2D eigenvalue weighted by atomic mass is 10.0. The molecule has 0 bridgehead atoms. The summed E-state index contributed by atoms with van der Waals surface area (Å²) in [5.41, 5.74) is 0.445. The number of ether oxygens (including phenoxy) is 1. The fraction of sp³-hybridized carbons (Fsp3) is 0.111. The number of halogens is 4. The molecule has 0 saturated heterocycles. The lowest BCUT2D eigenvalue weighted by molar-refractivity contribution is 0.212. The lowest BCUT2D eigenvalue weighted by Crippen LogP contribution is -2.18. The van der Waals surface area contributed by atoms with Gasteiger partial charge < -0.3 is 4.74 Å². The molecule has 0 saturated carbocycles. The van der Waals surface area contributed by atoms with Crippen LogP contribution in [0.2, 0.25) is 0 Å². The minimum atomic E-state index is -1.13. The van der Waals surface area contributed by atoms with Crippen LogP contribution in [-0.2, 0) is 7.05 Å². The maximum atomic E-state index is 13.9. The minimum absolute atomic E-state index is 0.0642. The average molecular weight is 379 g/mol. The Kier molecular flexibility index (Phi) is 4.85. The predicted molar refractivity (Wildman–Crippen MR) is 89.3 cm³/mol. The summed E-state index contributed by atoms with van der Waals surface area (Å²) < 4.78 is 60.0. The molecule has 3 rings (SSSR count). The van der Waals surface area contributed by atoms with E-state index >= 15 is 0 Å². The summed E-state index contributed by atoms with van der Waals surface area (Å²) in [5.74, 6) is -4.04. The molecule has 0 radical (unpaired) electrons. The number of benzene rings is 2. The number of anilines is 1. The van der Waals surface area contributed by atoms with Crippen LogP contribution in [0.15, 0.2) is 36.4 Å². The maximum Gasteiger partial charge on any atom is 0.417 e. The van der Waals surface area contributed by atoms with Gasteiger partial charge in [0.15, 0.2) is 11.6 Å². The molecule has 0 aliphatic carbocycles. The van der Waals surface area contributed by atoms with Crippen LogP contribution in [-0.4, -0.2) is 15.9 Å². The molecule has 1 aromatic heterocycles. The molecule has 1 heterocycles. The van der Waals surface area contributed by atoms with E-state index in [2.05, 4.69) is 10.4 Å². The van der Waals surface area contributed by atoms with Gasteiger partial charge in [-0.3, -0.25) is 5.32 Å². The van der Waals surface area contributed by atoms with Crippen LogP contribution in [0.4, 0.5) is 28.0 Å². The van der Waals surface area contributed by atoms with Crippen LogP contribution in [0.25, 0.3) is 11.1 Å². The van der Waals surface area contributed by atoms with Gasteiger partial charge in [0, 0.05) is 12.6 Å². The smallest absolute Gasteiger partial charge is 0.403 e. The maximum absolute atomic E-state index is 13.9. The van der Waals surface area contributed by atoms with Crippen LogP contribution in [0.3, 0.4) is 0 Å². The monoisotopic (exact) mass is 379 g/mol. The Morgan fingerprint density at radius 2 is 1.81 bits per heavy atom. The zero-order valence-corrected chi connectivity index (χ0v) is 14.2. The van der Waals surface area contributed by atoms with Gasteiger partial charge in [-0.2, -0.15) is 9.49 Å². The highest BCUT2D eigenvalue weighted by atomic mass is 19.2. The highest BCUT2D eigenvalue weighted by Gasteiger charge is 2.19. The molecule has 0 aliphatic heterocycles. The second-order valence-corrected chi connectivity index (χ2v) is 5.66. The van der Waals surface area contributed by atoms with Crippen molar-refractivity contribution < 1.29 is 27.1 Å². The molecule has 1 amide bonds. The number of carbonyl (C=O) groups excluding carboxylic acids is 1. The second kappa shape index (κ2) is 7.10. The van der Waals surface area contributed by atoms with E-state index in [1.54, 1.807) is 0 Å². The standard InChI is InChI=1S/C18H13F4N3O2/c1-9-16(17(22)25(2)24-9)27-18(26)23-15-6-4-11(19)8-12(15)10-3-5-13(20)14(21)7-10/h3-8H,1-2H3,(H,23,26). The Labute approximate surface area is 151 Å². The van der Waals surface area contributed by atoms with Gasteiger partial charge in [0.05, 0.1) is 5.69 Å². The van der Waals surface area contributed by atoms with Crippen LogP contribution in [0.1, 0.15) is 5.69 Å². The number of nitrogens with zero attached hydrogens (tertiary/aromatic N) is 2. The van der Waals surface area contributed by atoms with E-state index in [9.17, 15) is 22.4 Å². The molecule has 0 unspecified atom stereocenters. The van der Waals surface area contributed by atoms with Crippen LogP contribution < -0.4 is 10.1 Å². The molecule has 9 heteroatoms. The molecule has 5 nitrogen and oxygen atoms in total. The Morgan fingerprint density at radius 3 is 2.44 bits per heavy atom. The Morgan fingerprint density at radius 1 is 1.07 bits per heavy atom. The van der Waals surface area contributed by atoms with Crippen molar-refractivity contribution in [3.05, 3.63) is 65.5 Å². The zero-order chi connectivity index (χ0) is 19.7. The number of hydrogen-bond donors (Lipinski definition) is 1. The zero-order valence-electron chi connectivity index (χ0n) is 14.2. The Hall–Kier alpha value is -3.36. The van der Waals surface area contributed by atoms with Gasteiger partial charge in [-0.1, -0.05) is 6.07 Å². The molecule has 140 valence electrons. The molecular weight excluding hydrogens is 366 g/mol. The summed E-state index contributed by atoms with van der Waals surface area (Å²) in [4.78, 5) is 12.1. The molecule has 0 atom stereocenters. The van der Waals surface area contributed by atoms with Gasteiger partial charge in [-0.25, -0.2) is 22.6 Å². The highest BCUT2D eigenvalue weighted by Crippen LogP contribution is 2.30. The fourth-order valence-electron chi connectivity index (χ4n) is 2.48. The summed E-state index contributed by atoms with van der Waals surface area (Å²) in [6, 6.07) is 6.30. The third-order valence-electron chi connectivity index (χ3n) is 3.74. The summed E-state index contributed by atoms with van der Waals surface area (Å²) in [6.07, 6.45) is -1.06. The third kappa shape index (κ3) is 3.76. The molecule has 0 spiro atoms. The van der Waals surface area contributed by atoms with Crippen LogP contribution >= 0.6 is 0 Å². The van der Waals surface area contributed by atoms with Gasteiger partial charge in [-0.05, 0) is 42.8 Å². The van der Waals surface area contributed by atoms with E-state index < -0.39 is 29.5 Å². The number of rotatable bonds is 3. The molecule has 27 heavy (non-hydrogen) atoms. The molecule has 1 N–H and O–H groups in total. The van der Waals surface area contributed by atoms with Crippen molar-refractivity contribution in [2.24, 2.45) is 7.05 Å². The summed E-state index contributed by atoms with van der Waals surface area (Å²) >= 11 is 0. The van der Waals surface area contributed by atoms with E-state index in [4.69, 9.17) is 4.74 Å². The van der Waals surface area contributed by atoms with Crippen molar-refractivity contribution in [2.75, 3.05) is 5.32 Å². The second-order valence-electron chi connectivity index (χ2n) is 5.66. The molecule has 2 aromatic carbocycles. The van der Waals surface area contributed by atoms with E-state index in [1.807, 2.05) is 0 Å². The summed E-state index contributed by atoms with van der Waals surface area (Å²) in [7, 11) is 1.34. The summed E-state index contributed by atoms with van der Waals surface area (Å²) in [6.45, 7) is 1.45. The first-order valence-electron chi connectivity index (χ1n) is 7.69. The number of aryl methyl sites for hydroxylation is 2. The number of aromatic nitrogens is 2. The van der Waals surface area contributed by atoms with Gasteiger partial charge >= 0.3 is 6.09 Å². The molecular formula is C18H13F4N3O2. The quantitative estimate of drug-likeness (QED) is 0.679. The topological polar surface area (TPSA) is 56.2 Å². The van der Waals surface area contributed by atoms with Crippen LogP contribution in [0, 0.1) is 30.3 Å². The Balaban J connectivity index is 1.90. The number of hydrogen-bond acceptors (Lipinski definition) is 3. The van der Waals surface area contributed by atoms with E-state index in [1.165, 1.54) is 26.1 Å². The molecule has 0 fully saturated rings. The number of nitrogens with one attached hydrogen (secondary N) is 1. The highest BCUT2D eigenvalue weighted by molar-refractivity contribution is 5.92. The largest absolute Gasteiger partial charge is 0.417 e. The van der Waals surface area contributed by atoms with Gasteiger partial charge in [0.25, 0.3) is 5.95 Å². The summed E-state index contributed by atoms with van der Waals surface area (Å²) in [5, 5.41) is 6.11. The SMILES string of the molecule is Cc1nn(C)c(F)c1OC(=O)Nc1ccc(F)cc1-c1ccc(F)c(F)c1. The van der Waals surface area contributed by atoms with Crippen molar-refractivity contribution in [1.82, 2.24) is 9.78 Å². The van der Waals surface area contributed by atoms with Gasteiger partial charge in [0.2, 0.25) is 5.75 Å². The van der Waals surface area contributed by atoms with Crippen molar-refractivity contribution in [2.45, 2.75) is 6.92 Å². The van der Waals surface area contributed by atoms with Crippen molar-refractivity contribution in [1.29, 1.82) is 0 Å². The number of carbonyl (C=O) groups is 1. The fourth-order valence-corrected chi connectivity index (χ4v) is 2.48. The third-order valence-corrected chi connectivity index (χ3v) is 3.74. The number of amides is 1. The van der Waals surface area contributed by atoms with Gasteiger partial charge in [-0.15, -0.1) is 0 Å². The molecule has 3 aromatic rings. The van der Waals surface area contributed by atoms with E-state index in [0.717, 1.165) is 28.9 Å². The van der Waals surface area contributed by atoms with Crippen molar-refractivity contribution >= 4 is 11.8 Å². The lowest BCUT2D eigenvalue weighted by Gasteiger charge is -2.12.